The lowest BCUT2D eigenvalue weighted by Crippen LogP contribution is -2.22. The second kappa shape index (κ2) is 5.44. The lowest BCUT2D eigenvalue weighted by atomic mass is 10.3. The molecule has 0 radical (unpaired) electrons. The number of rotatable bonds is 5. The summed E-state index contributed by atoms with van der Waals surface area (Å²) in [4.78, 5) is 2.16. The van der Waals surface area contributed by atoms with Gasteiger partial charge in [-0.15, -0.1) is 0 Å². The fourth-order valence-corrected chi connectivity index (χ4v) is 1.72. The smallest absolute Gasteiger partial charge is 0.145 e. The van der Waals surface area contributed by atoms with Gasteiger partial charge in [0.25, 0.3) is 0 Å². The Labute approximate surface area is 107 Å². The van der Waals surface area contributed by atoms with Gasteiger partial charge < -0.3 is 15.4 Å². The van der Waals surface area contributed by atoms with Crippen LogP contribution in [0, 0.1) is 0 Å². The highest BCUT2D eigenvalue weighted by atomic mass is 16.5. The molecule has 0 atom stereocenters. The van der Waals surface area contributed by atoms with Gasteiger partial charge in [0.15, 0.2) is 0 Å². The number of nitrogen functional groups attached to an aromatic ring is 1. The molecule has 2 rings (SSSR count). The molecule has 5 nitrogen and oxygen atoms in total. The third-order valence-electron chi connectivity index (χ3n) is 2.84. The third-order valence-corrected chi connectivity index (χ3v) is 2.84. The van der Waals surface area contributed by atoms with E-state index in [1.807, 2.05) is 35.1 Å². The highest BCUT2D eigenvalue weighted by Crippen LogP contribution is 2.17. The van der Waals surface area contributed by atoms with Crippen LogP contribution in [0.1, 0.15) is 0 Å². The Kier molecular flexibility index (Phi) is 3.72. The van der Waals surface area contributed by atoms with Gasteiger partial charge in [-0.25, -0.2) is 0 Å². The number of likely N-dealkylation sites (N-methyl/N-ethyl adjacent to an activating group) is 1. The Morgan fingerprint density at radius 2 is 2.00 bits per heavy atom. The minimum atomic E-state index is 0.558. The van der Waals surface area contributed by atoms with Crippen molar-refractivity contribution in [1.29, 1.82) is 0 Å². The van der Waals surface area contributed by atoms with Crippen molar-refractivity contribution in [2.75, 3.05) is 31.3 Å². The van der Waals surface area contributed by atoms with Crippen LogP contribution in [-0.4, -0.2) is 30.5 Å². The molecule has 0 saturated carbocycles. The van der Waals surface area contributed by atoms with Crippen LogP contribution in [0.5, 0.6) is 5.75 Å². The second-order valence-electron chi connectivity index (χ2n) is 4.12. The van der Waals surface area contributed by atoms with E-state index in [1.54, 1.807) is 13.2 Å². The lowest BCUT2D eigenvalue weighted by molar-refractivity contribution is 0.415. The fraction of sp³-hybridized carbons (Fsp3) is 0.308. The Morgan fingerprint density at radius 1 is 1.28 bits per heavy atom. The van der Waals surface area contributed by atoms with Gasteiger partial charge in [0.05, 0.1) is 13.7 Å². The minimum Gasteiger partial charge on any atom is -0.497 e. The van der Waals surface area contributed by atoms with Crippen LogP contribution >= 0.6 is 0 Å². The van der Waals surface area contributed by atoms with Crippen molar-refractivity contribution in [3.63, 3.8) is 0 Å². The summed E-state index contributed by atoms with van der Waals surface area (Å²) in [6.45, 7) is 1.67. The first-order valence-electron chi connectivity index (χ1n) is 5.83. The molecule has 2 aromatic rings. The van der Waals surface area contributed by atoms with Crippen molar-refractivity contribution in [2.24, 2.45) is 0 Å². The first kappa shape index (κ1) is 12.3. The van der Waals surface area contributed by atoms with E-state index in [0.717, 1.165) is 24.5 Å². The fourth-order valence-electron chi connectivity index (χ4n) is 1.72. The first-order valence-corrected chi connectivity index (χ1v) is 5.83. The number of hydrogen-bond donors (Lipinski definition) is 1. The first-order chi connectivity index (χ1) is 8.69. The van der Waals surface area contributed by atoms with E-state index in [9.17, 15) is 0 Å². The van der Waals surface area contributed by atoms with Crippen molar-refractivity contribution in [1.82, 2.24) is 9.78 Å². The van der Waals surface area contributed by atoms with E-state index in [1.165, 1.54) is 0 Å². The monoisotopic (exact) mass is 246 g/mol. The van der Waals surface area contributed by atoms with Gasteiger partial charge >= 0.3 is 0 Å². The molecule has 2 N–H and O–H groups in total. The summed E-state index contributed by atoms with van der Waals surface area (Å²) in [5.74, 6) is 1.43. The number of anilines is 2. The highest BCUT2D eigenvalue weighted by Gasteiger charge is 2.02. The van der Waals surface area contributed by atoms with Gasteiger partial charge in [-0.1, -0.05) is 0 Å². The molecule has 1 aromatic carbocycles. The van der Waals surface area contributed by atoms with Crippen LogP contribution in [0.2, 0.25) is 0 Å². The summed E-state index contributed by atoms with van der Waals surface area (Å²) < 4.78 is 6.98. The molecule has 1 heterocycles. The van der Waals surface area contributed by atoms with E-state index < -0.39 is 0 Å². The Morgan fingerprint density at radius 3 is 2.56 bits per heavy atom. The van der Waals surface area contributed by atoms with Crippen LogP contribution in [0.15, 0.2) is 36.5 Å². The summed E-state index contributed by atoms with van der Waals surface area (Å²) >= 11 is 0. The molecular weight excluding hydrogens is 228 g/mol. The molecule has 5 heteroatoms. The number of nitrogens with two attached hydrogens (primary N) is 1. The van der Waals surface area contributed by atoms with Crippen molar-refractivity contribution >= 4 is 11.5 Å². The summed E-state index contributed by atoms with van der Waals surface area (Å²) in [5.41, 5.74) is 6.72. The summed E-state index contributed by atoms with van der Waals surface area (Å²) in [6.07, 6.45) is 1.89. The zero-order valence-electron chi connectivity index (χ0n) is 10.7. The predicted octanol–water partition coefficient (Wildman–Crippen LogP) is 1.61. The van der Waals surface area contributed by atoms with Crippen LogP contribution < -0.4 is 15.4 Å². The van der Waals surface area contributed by atoms with Crippen molar-refractivity contribution in [3.8, 4) is 5.75 Å². The summed E-state index contributed by atoms with van der Waals surface area (Å²) in [5, 5.41) is 4.15. The van der Waals surface area contributed by atoms with Crippen LogP contribution in [0.4, 0.5) is 11.5 Å². The van der Waals surface area contributed by atoms with Gasteiger partial charge in [-0.3, -0.25) is 4.68 Å². The SMILES string of the molecule is COc1ccc(N(C)CCn2ccc(N)n2)cc1. The average Bonchev–Trinajstić information content (AvgIpc) is 2.82. The van der Waals surface area contributed by atoms with E-state index in [0.29, 0.717) is 5.82 Å². The Balaban J connectivity index is 1.92. The maximum atomic E-state index is 5.57. The number of ether oxygens (including phenoxy) is 1. The van der Waals surface area contributed by atoms with Crippen molar-refractivity contribution < 1.29 is 4.74 Å². The summed E-state index contributed by atoms with van der Waals surface area (Å²) in [6, 6.07) is 9.79. The molecule has 0 aliphatic rings. The molecule has 0 aliphatic carbocycles. The number of nitrogens with zero attached hydrogens (tertiary/aromatic N) is 3. The summed E-state index contributed by atoms with van der Waals surface area (Å²) in [7, 11) is 3.72. The standard InChI is InChI=1S/C13H18N4O/c1-16(9-10-17-8-7-13(14)15-17)11-3-5-12(18-2)6-4-11/h3-8H,9-10H2,1-2H3,(H2,14,15). The van der Waals surface area contributed by atoms with E-state index in [2.05, 4.69) is 17.0 Å². The largest absolute Gasteiger partial charge is 0.497 e. The maximum absolute atomic E-state index is 5.57. The molecule has 0 unspecified atom stereocenters. The molecule has 0 aliphatic heterocycles. The zero-order chi connectivity index (χ0) is 13.0. The highest BCUT2D eigenvalue weighted by molar-refractivity contribution is 5.48. The number of benzene rings is 1. The maximum Gasteiger partial charge on any atom is 0.145 e. The molecule has 0 bridgehead atoms. The molecule has 0 amide bonds. The molecule has 18 heavy (non-hydrogen) atoms. The van der Waals surface area contributed by atoms with Crippen molar-refractivity contribution in [2.45, 2.75) is 6.54 Å². The predicted molar refractivity (Wildman–Crippen MR) is 72.9 cm³/mol. The molecule has 0 spiro atoms. The van der Waals surface area contributed by atoms with E-state index in [-0.39, 0.29) is 0 Å². The van der Waals surface area contributed by atoms with E-state index in [4.69, 9.17) is 10.5 Å². The van der Waals surface area contributed by atoms with Crippen LogP contribution in [0.25, 0.3) is 0 Å². The number of hydrogen-bond acceptors (Lipinski definition) is 4. The lowest BCUT2D eigenvalue weighted by Gasteiger charge is -2.19. The van der Waals surface area contributed by atoms with E-state index >= 15 is 0 Å². The zero-order valence-corrected chi connectivity index (χ0v) is 10.7. The Hall–Kier alpha value is -2.17. The molecule has 0 saturated heterocycles. The van der Waals surface area contributed by atoms with Crippen LogP contribution in [-0.2, 0) is 6.54 Å². The average molecular weight is 246 g/mol. The van der Waals surface area contributed by atoms with Gasteiger partial charge in [0.1, 0.15) is 11.6 Å². The van der Waals surface area contributed by atoms with Gasteiger partial charge in [-0.2, -0.15) is 5.10 Å². The molecule has 96 valence electrons. The number of methoxy groups -OCH3 is 1. The quantitative estimate of drug-likeness (QED) is 0.870. The van der Waals surface area contributed by atoms with Crippen molar-refractivity contribution in [3.05, 3.63) is 36.5 Å². The second-order valence-corrected chi connectivity index (χ2v) is 4.12. The van der Waals surface area contributed by atoms with Gasteiger partial charge in [0.2, 0.25) is 0 Å². The topological polar surface area (TPSA) is 56.3 Å². The Bertz CT molecular complexity index is 492. The third kappa shape index (κ3) is 2.94. The van der Waals surface area contributed by atoms with Gasteiger partial charge in [-0.05, 0) is 30.3 Å². The molecule has 1 aromatic heterocycles. The normalized spacial score (nSPS) is 10.3. The number of aromatic nitrogens is 2. The molecular formula is C13H18N4O. The van der Waals surface area contributed by atoms with Gasteiger partial charge in [0, 0.05) is 25.5 Å². The molecule has 0 fully saturated rings. The van der Waals surface area contributed by atoms with Crippen LogP contribution in [0.3, 0.4) is 0 Å². The minimum absolute atomic E-state index is 0.558.